The zero-order valence-corrected chi connectivity index (χ0v) is 16.4. The van der Waals surface area contributed by atoms with E-state index in [-0.39, 0.29) is 16.6 Å². The monoisotopic (exact) mass is 407 g/mol. The Bertz CT molecular complexity index is 971. The zero-order chi connectivity index (χ0) is 20.3. The second-order valence-corrected chi connectivity index (χ2v) is 7.23. The van der Waals surface area contributed by atoms with Crippen molar-refractivity contribution in [3.05, 3.63) is 59.4 Å². The van der Waals surface area contributed by atoms with E-state index in [9.17, 15) is 18.0 Å². The van der Waals surface area contributed by atoms with Gasteiger partial charge in [-0.1, -0.05) is 25.2 Å². The van der Waals surface area contributed by atoms with Crippen molar-refractivity contribution in [2.75, 3.05) is 31.1 Å². The van der Waals surface area contributed by atoms with Gasteiger partial charge in [0.1, 0.15) is 17.2 Å². The number of likely N-dealkylation sites (N-methyl/N-ethyl adjacent to an activating group) is 1. The summed E-state index contributed by atoms with van der Waals surface area (Å²) in [7, 11) is 0. The van der Waals surface area contributed by atoms with E-state index in [1.165, 1.54) is 35.2 Å². The van der Waals surface area contributed by atoms with Crippen LogP contribution < -0.4 is 4.90 Å². The predicted molar refractivity (Wildman–Crippen MR) is 105 cm³/mol. The molecular formula is C20H20F3N3OS. The lowest BCUT2D eigenvalue weighted by Crippen LogP contribution is -2.38. The number of hydrogen-bond acceptors (Lipinski definition) is 4. The molecule has 0 aliphatic carbocycles. The van der Waals surface area contributed by atoms with Gasteiger partial charge in [-0.25, -0.2) is 18.2 Å². The number of anilines is 1. The summed E-state index contributed by atoms with van der Waals surface area (Å²) in [6, 6.07) is 7.19. The van der Waals surface area contributed by atoms with E-state index in [0.717, 1.165) is 30.5 Å². The van der Waals surface area contributed by atoms with Crippen LogP contribution in [-0.4, -0.2) is 42.0 Å². The maximum absolute atomic E-state index is 14.1. The fourth-order valence-electron chi connectivity index (χ4n) is 2.87. The van der Waals surface area contributed by atoms with E-state index in [1.54, 1.807) is 0 Å². The van der Waals surface area contributed by atoms with Gasteiger partial charge in [-0.05, 0) is 43.4 Å². The molecule has 0 aliphatic heterocycles. The molecule has 4 nitrogen and oxygen atoms in total. The maximum atomic E-state index is 14.1. The van der Waals surface area contributed by atoms with Crippen molar-refractivity contribution in [3.8, 4) is 0 Å². The summed E-state index contributed by atoms with van der Waals surface area (Å²) >= 11 is 1.05. The maximum Gasteiger partial charge on any atom is 0.260 e. The summed E-state index contributed by atoms with van der Waals surface area (Å²) in [5.41, 5.74) is 0.327. The van der Waals surface area contributed by atoms with Crippen LogP contribution >= 0.6 is 11.3 Å². The predicted octanol–water partition coefficient (Wildman–Crippen LogP) is 4.70. The van der Waals surface area contributed by atoms with Crippen LogP contribution in [-0.2, 0) is 0 Å². The fraction of sp³-hybridized carbons (Fsp3) is 0.300. The number of rotatable bonds is 7. The molecule has 0 unspecified atom stereocenters. The van der Waals surface area contributed by atoms with Gasteiger partial charge in [0.2, 0.25) is 0 Å². The lowest BCUT2D eigenvalue weighted by atomic mass is 10.2. The first-order chi connectivity index (χ1) is 13.4. The number of fused-ring (bicyclic) bond motifs is 1. The van der Waals surface area contributed by atoms with Gasteiger partial charge in [-0.3, -0.25) is 9.69 Å². The molecule has 0 atom stereocenters. The van der Waals surface area contributed by atoms with Gasteiger partial charge in [0.25, 0.3) is 5.91 Å². The number of hydrogen-bond donors (Lipinski definition) is 0. The quantitative estimate of drug-likeness (QED) is 0.570. The van der Waals surface area contributed by atoms with Crippen molar-refractivity contribution in [1.29, 1.82) is 0 Å². The van der Waals surface area contributed by atoms with Crippen LogP contribution in [0.2, 0.25) is 0 Å². The first-order valence-corrected chi connectivity index (χ1v) is 9.80. The second kappa shape index (κ2) is 8.70. The Kier molecular flexibility index (Phi) is 6.31. The molecule has 0 aliphatic rings. The fourth-order valence-corrected chi connectivity index (χ4v) is 3.90. The minimum absolute atomic E-state index is 0.0288. The Morgan fingerprint density at radius 2 is 1.68 bits per heavy atom. The molecule has 0 saturated carbocycles. The Morgan fingerprint density at radius 1 is 1.00 bits per heavy atom. The lowest BCUT2D eigenvalue weighted by Gasteiger charge is -2.24. The number of benzene rings is 2. The molecule has 8 heteroatoms. The van der Waals surface area contributed by atoms with Gasteiger partial charge in [-0.2, -0.15) is 0 Å². The van der Waals surface area contributed by atoms with Gasteiger partial charge < -0.3 is 4.90 Å². The van der Waals surface area contributed by atoms with Crippen molar-refractivity contribution >= 4 is 32.6 Å². The first kappa shape index (κ1) is 20.3. The van der Waals surface area contributed by atoms with Crippen LogP contribution in [0.5, 0.6) is 0 Å². The lowest BCUT2D eigenvalue weighted by molar-refractivity contribution is 0.0983. The molecule has 1 heterocycles. The molecule has 1 amide bonds. The molecule has 0 N–H and O–H groups in total. The van der Waals surface area contributed by atoms with Crippen LogP contribution in [0, 0.1) is 17.5 Å². The molecule has 3 rings (SSSR count). The van der Waals surface area contributed by atoms with Crippen LogP contribution in [0.1, 0.15) is 24.2 Å². The largest absolute Gasteiger partial charge is 0.302 e. The highest BCUT2D eigenvalue weighted by atomic mass is 32.1. The van der Waals surface area contributed by atoms with E-state index < -0.39 is 17.5 Å². The smallest absolute Gasteiger partial charge is 0.260 e. The van der Waals surface area contributed by atoms with E-state index in [1.807, 2.05) is 13.8 Å². The van der Waals surface area contributed by atoms with Gasteiger partial charge in [0.15, 0.2) is 10.9 Å². The number of carbonyl (C=O) groups excluding carboxylic acids is 1. The van der Waals surface area contributed by atoms with Crippen molar-refractivity contribution < 1.29 is 18.0 Å². The molecule has 0 fully saturated rings. The highest BCUT2D eigenvalue weighted by Gasteiger charge is 2.23. The third-order valence-electron chi connectivity index (χ3n) is 4.50. The Morgan fingerprint density at radius 3 is 2.32 bits per heavy atom. The molecule has 148 valence electrons. The van der Waals surface area contributed by atoms with E-state index in [4.69, 9.17) is 0 Å². The first-order valence-electron chi connectivity index (χ1n) is 8.98. The van der Waals surface area contributed by atoms with E-state index >= 15 is 0 Å². The second-order valence-electron chi connectivity index (χ2n) is 6.22. The zero-order valence-electron chi connectivity index (χ0n) is 15.6. The summed E-state index contributed by atoms with van der Waals surface area (Å²) in [6.07, 6.45) is 0. The molecule has 0 saturated heterocycles. The summed E-state index contributed by atoms with van der Waals surface area (Å²) in [4.78, 5) is 20.9. The molecule has 1 aromatic heterocycles. The third kappa shape index (κ3) is 4.34. The molecular weight excluding hydrogens is 387 g/mol. The van der Waals surface area contributed by atoms with Gasteiger partial charge in [0.05, 0.1) is 4.70 Å². The molecule has 0 radical (unpaired) electrons. The minimum atomic E-state index is -0.768. The Hall–Kier alpha value is -2.45. The Balaban J connectivity index is 1.98. The van der Waals surface area contributed by atoms with Crippen LogP contribution in [0.4, 0.5) is 18.3 Å². The third-order valence-corrected chi connectivity index (χ3v) is 5.53. The molecule has 2 aromatic carbocycles. The van der Waals surface area contributed by atoms with Crippen LogP contribution in [0.15, 0.2) is 36.4 Å². The number of aromatic nitrogens is 1. The molecule has 28 heavy (non-hydrogen) atoms. The van der Waals surface area contributed by atoms with Crippen LogP contribution in [0.25, 0.3) is 10.2 Å². The highest BCUT2D eigenvalue weighted by molar-refractivity contribution is 7.22. The van der Waals surface area contributed by atoms with Crippen LogP contribution in [0.3, 0.4) is 0 Å². The molecule has 3 aromatic rings. The minimum Gasteiger partial charge on any atom is -0.302 e. The number of halogens is 3. The number of nitrogens with zero attached hydrogens (tertiary/aromatic N) is 3. The van der Waals surface area contributed by atoms with Crippen molar-refractivity contribution in [2.24, 2.45) is 0 Å². The summed E-state index contributed by atoms with van der Waals surface area (Å²) in [5, 5.41) is 0.279. The number of carbonyl (C=O) groups is 1. The van der Waals surface area contributed by atoms with Gasteiger partial charge in [-0.15, -0.1) is 0 Å². The van der Waals surface area contributed by atoms with Gasteiger partial charge in [0, 0.05) is 24.7 Å². The summed E-state index contributed by atoms with van der Waals surface area (Å²) in [5.74, 6) is -2.27. The van der Waals surface area contributed by atoms with Crippen molar-refractivity contribution in [3.63, 3.8) is 0 Å². The molecule has 0 bridgehead atoms. The van der Waals surface area contributed by atoms with E-state index in [2.05, 4.69) is 9.88 Å². The number of thiazole rings is 1. The average Bonchev–Trinajstić information content (AvgIpc) is 3.09. The van der Waals surface area contributed by atoms with Crippen molar-refractivity contribution in [1.82, 2.24) is 9.88 Å². The molecule has 0 spiro atoms. The topological polar surface area (TPSA) is 36.4 Å². The average molecular weight is 407 g/mol. The SMILES string of the molecule is CCN(CC)CCN(C(=O)c1ccc(F)cc1)c1nc2c(F)cc(F)cc2s1. The van der Waals surface area contributed by atoms with Gasteiger partial charge >= 0.3 is 0 Å². The van der Waals surface area contributed by atoms with Crippen molar-refractivity contribution in [2.45, 2.75) is 13.8 Å². The normalized spacial score (nSPS) is 11.4. The number of amides is 1. The highest BCUT2D eigenvalue weighted by Crippen LogP contribution is 2.32. The summed E-state index contributed by atoms with van der Waals surface area (Å²) in [6.45, 7) is 6.58. The Labute approximate surface area is 165 Å². The standard InChI is InChI=1S/C20H20F3N3OS/c1-3-25(4-2)9-10-26(19(27)13-5-7-14(21)8-6-13)20-24-18-16(23)11-15(22)12-17(18)28-20/h5-8,11-12H,3-4,9-10H2,1-2H3. The summed E-state index contributed by atoms with van der Waals surface area (Å²) < 4.78 is 41.1. The van der Waals surface area contributed by atoms with E-state index in [0.29, 0.717) is 23.4 Å².